The van der Waals surface area contributed by atoms with Crippen LogP contribution in [0.4, 0.5) is 0 Å². The quantitative estimate of drug-likeness (QED) is 0.0217. The van der Waals surface area contributed by atoms with Gasteiger partial charge in [0.05, 0.1) is 18.8 Å². The average Bonchev–Trinajstić information content (AvgIpc) is 3.38. The smallest absolute Gasteiger partial charge is 0.462 e. The molecule has 0 heterocycles. The molecule has 306 valence electrons. The first-order valence-corrected chi connectivity index (χ1v) is 21.9. The molecule has 12 heteroatoms. The minimum atomic E-state index is -4.82. The van der Waals surface area contributed by atoms with Gasteiger partial charge in [-0.2, -0.15) is 0 Å². The summed E-state index contributed by atoms with van der Waals surface area (Å²) in [5.74, 6) is -1.62. The number of allylic oxidation sites excluding steroid dienone is 4. The van der Waals surface area contributed by atoms with Crippen molar-refractivity contribution in [3.8, 4) is 0 Å². The van der Waals surface area contributed by atoms with Gasteiger partial charge in [-0.1, -0.05) is 121 Å². The predicted molar refractivity (Wildman–Crippen MR) is 208 cm³/mol. The van der Waals surface area contributed by atoms with E-state index in [1.54, 1.807) is 12.2 Å². The van der Waals surface area contributed by atoms with Gasteiger partial charge in [-0.05, 0) is 57.8 Å². The Labute approximate surface area is 319 Å². The highest BCUT2D eigenvalue weighted by atomic mass is 31.2. The minimum absolute atomic E-state index is 0.0338. The molecule has 1 aliphatic carbocycles. The number of esters is 2. The molecule has 1 aliphatic rings. The largest absolute Gasteiger partial charge is 0.469 e. The summed E-state index contributed by atoms with van der Waals surface area (Å²) in [6, 6.07) is 0. The number of hydrogen-bond donors (Lipinski definition) is 4. The van der Waals surface area contributed by atoms with E-state index >= 15 is 0 Å². The third-order valence-electron chi connectivity index (χ3n) is 9.53. The zero-order chi connectivity index (χ0) is 39.2. The van der Waals surface area contributed by atoms with E-state index in [0.29, 0.717) is 32.1 Å². The van der Waals surface area contributed by atoms with Crippen molar-refractivity contribution in [1.82, 2.24) is 0 Å². The number of ketones is 1. The van der Waals surface area contributed by atoms with E-state index < -0.39 is 44.7 Å². The van der Waals surface area contributed by atoms with E-state index in [1.807, 2.05) is 0 Å². The van der Waals surface area contributed by atoms with Crippen LogP contribution in [0.5, 0.6) is 0 Å². The van der Waals surface area contributed by atoms with Crippen molar-refractivity contribution in [3.05, 3.63) is 36.5 Å². The molecule has 1 fully saturated rings. The molecule has 0 bridgehead atoms. The van der Waals surface area contributed by atoms with Crippen LogP contribution in [0.2, 0.25) is 0 Å². The molecule has 11 nitrogen and oxygen atoms in total. The van der Waals surface area contributed by atoms with Gasteiger partial charge in [0.15, 0.2) is 6.10 Å². The fourth-order valence-corrected chi connectivity index (χ4v) is 6.78. The molecule has 1 saturated carbocycles. The first kappa shape index (κ1) is 48.9. The van der Waals surface area contributed by atoms with Crippen molar-refractivity contribution < 1.29 is 52.9 Å². The van der Waals surface area contributed by atoms with Gasteiger partial charge in [-0.25, -0.2) is 4.57 Å². The summed E-state index contributed by atoms with van der Waals surface area (Å²) in [5.41, 5.74) is 0. The topological polar surface area (TPSA) is 177 Å². The molecule has 0 aromatic heterocycles. The summed E-state index contributed by atoms with van der Waals surface area (Å²) < 4.78 is 26.3. The maximum absolute atomic E-state index is 12.5. The second kappa shape index (κ2) is 31.1. The van der Waals surface area contributed by atoms with Crippen LogP contribution >= 0.6 is 7.82 Å². The van der Waals surface area contributed by atoms with Gasteiger partial charge in [-0.3, -0.25) is 18.9 Å². The molecular formula is C41H71O11P. The van der Waals surface area contributed by atoms with Crippen LogP contribution in [0.15, 0.2) is 36.5 Å². The second-order valence-corrected chi connectivity index (χ2v) is 15.6. The molecule has 0 amide bonds. The summed E-state index contributed by atoms with van der Waals surface area (Å²) >= 11 is 0. The Morgan fingerprint density at radius 3 is 2.04 bits per heavy atom. The Morgan fingerprint density at radius 2 is 1.38 bits per heavy atom. The van der Waals surface area contributed by atoms with E-state index in [4.69, 9.17) is 19.3 Å². The highest BCUT2D eigenvalue weighted by molar-refractivity contribution is 7.46. The average molecular weight is 771 g/mol. The van der Waals surface area contributed by atoms with Gasteiger partial charge in [-0.15, -0.1) is 0 Å². The molecule has 0 unspecified atom stereocenters. The standard InChI is InChI=1S/C41H71O11P/c1-3-5-7-8-9-10-11-12-13-14-15-16-17-18-23-27-40(45)50-32-35(33-51-53(47,48)49)52-41(46)28-24-20-19-22-26-36-37(39(44)31-38(36)43)30-29-34(42)25-21-6-4-2/h9-10,12-13,29-30,34-37,39,42,44H,3-8,11,14-28,31-33H2,1-2H3,(H2,47,48,49)/b10-9-,13-12-,30-29+/t34-,35+,36+,37+,39+/m0/s1. The maximum atomic E-state index is 12.5. The third-order valence-corrected chi connectivity index (χ3v) is 10.0. The molecule has 0 spiro atoms. The second-order valence-electron chi connectivity index (χ2n) is 14.4. The Hall–Kier alpha value is -2.14. The molecule has 0 radical (unpaired) electrons. The molecule has 53 heavy (non-hydrogen) atoms. The van der Waals surface area contributed by atoms with Gasteiger partial charge in [0.2, 0.25) is 0 Å². The minimum Gasteiger partial charge on any atom is -0.462 e. The molecule has 0 aromatic carbocycles. The fourth-order valence-electron chi connectivity index (χ4n) is 6.42. The van der Waals surface area contributed by atoms with Crippen molar-refractivity contribution in [2.75, 3.05) is 13.2 Å². The number of aliphatic hydroxyl groups excluding tert-OH is 2. The van der Waals surface area contributed by atoms with E-state index in [9.17, 15) is 29.2 Å². The molecule has 5 atom stereocenters. The highest BCUT2D eigenvalue weighted by Crippen LogP contribution is 2.36. The van der Waals surface area contributed by atoms with Crippen molar-refractivity contribution in [2.24, 2.45) is 11.8 Å². The number of phosphoric ester groups is 1. The lowest BCUT2D eigenvalue weighted by molar-refractivity contribution is -0.161. The van der Waals surface area contributed by atoms with Crippen LogP contribution in [-0.2, 0) is 32.9 Å². The van der Waals surface area contributed by atoms with Gasteiger partial charge in [0, 0.05) is 31.1 Å². The van der Waals surface area contributed by atoms with Crippen LogP contribution < -0.4 is 0 Å². The molecule has 0 aromatic rings. The number of rotatable bonds is 33. The van der Waals surface area contributed by atoms with Crippen molar-refractivity contribution in [3.63, 3.8) is 0 Å². The van der Waals surface area contributed by atoms with Crippen LogP contribution in [0.1, 0.15) is 162 Å². The Balaban J connectivity index is 2.29. The molecule has 0 aliphatic heterocycles. The summed E-state index contributed by atoms with van der Waals surface area (Å²) in [6.45, 7) is 3.34. The molecule has 4 N–H and O–H groups in total. The van der Waals surface area contributed by atoms with Gasteiger partial charge >= 0.3 is 19.8 Å². The summed E-state index contributed by atoms with van der Waals surface area (Å²) in [7, 11) is -4.82. The maximum Gasteiger partial charge on any atom is 0.469 e. The van der Waals surface area contributed by atoms with Gasteiger partial charge < -0.3 is 29.5 Å². The fraction of sp³-hybridized carbons (Fsp3) is 0.780. The summed E-state index contributed by atoms with van der Waals surface area (Å²) in [5, 5.41) is 20.6. The normalized spacial score (nSPS) is 19.1. The molecular weight excluding hydrogens is 699 g/mol. The van der Waals surface area contributed by atoms with Crippen LogP contribution in [-0.4, -0.2) is 69.2 Å². The van der Waals surface area contributed by atoms with Crippen LogP contribution in [0.25, 0.3) is 0 Å². The number of carbonyl (C=O) groups is 3. The predicted octanol–water partition coefficient (Wildman–Crippen LogP) is 8.77. The zero-order valence-corrected chi connectivity index (χ0v) is 33.5. The lowest BCUT2D eigenvalue weighted by Gasteiger charge is -2.19. The van der Waals surface area contributed by atoms with E-state index in [0.717, 1.165) is 77.0 Å². The number of phosphoric acid groups is 1. The van der Waals surface area contributed by atoms with Gasteiger partial charge in [0.25, 0.3) is 0 Å². The van der Waals surface area contributed by atoms with Gasteiger partial charge in [0.1, 0.15) is 12.4 Å². The Bertz CT molecular complexity index is 1120. The lowest BCUT2D eigenvalue weighted by Crippen LogP contribution is -2.29. The molecule has 0 saturated heterocycles. The Kier molecular flexibility index (Phi) is 28.7. The lowest BCUT2D eigenvalue weighted by atomic mass is 9.88. The molecule has 1 rings (SSSR count). The van der Waals surface area contributed by atoms with Crippen molar-refractivity contribution in [1.29, 1.82) is 0 Å². The highest BCUT2D eigenvalue weighted by Gasteiger charge is 2.39. The number of carbonyl (C=O) groups excluding carboxylic acids is 3. The van der Waals surface area contributed by atoms with Crippen molar-refractivity contribution >= 4 is 25.5 Å². The number of ether oxygens (including phenoxy) is 2. The SMILES string of the molecule is CCCCC/C=C\C/C=C\CCCCCCCC(=O)OC[C@H](COP(=O)(O)O)OC(=O)CCCCCC[C@H]1C(=O)C[C@@H](O)[C@@H]1/C=C/[C@@H](O)CCCCC. The first-order valence-electron chi connectivity index (χ1n) is 20.4. The monoisotopic (exact) mass is 770 g/mol. The number of aliphatic hydroxyl groups is 2. The number of unbranched alkanes of at least 4 members (excludes halogenated alkanes) is 13. The van der Waals surface area contributed by atoms with E-state index in [-0.39, 0.29) is 43.5 Å². The summed E-state index contributed by atoms with van der Waals surface area (Å²) in [4.78, 5) is 55.5. The summed E-state index contributed by atoms with van der Waals surface area (Å²) in [6.07, 6.45) is 29.1. The number of hydrogen-bond acceptors (Lipinski definition) is 9. The van der Waals surface area contributed by atoms with Crippen molar-refractivity contribution in [2.45, 2.75) is 180 Å². The number of Topliss-reactive ketones (excluding diaryl/α,β-unsaturated/α-hetero) is 1. The zero-order valence-electron chi connectivity index (χ0n) is 32.6. The van der Waals surface area contributed by atoms with E-state index in [2.05, 4.69) is 42.7 Å². The third kappa shape index (κ3) is 27.1. The van der Waals surface area contributed by atoms with Crippen LogP contribution in [0, 0.1) is 11.8 Å². The van der Waals surface area contributed by atoms with Crippen LogP contribution in [0.3, 0.4) is 0 Å². The van der Waals surface area contributed by atoms with E-state index in [1.165, 1.54) is 19.3 Å². The first-order chi connectivity index (χ1) is 25.5. The Morgan fingerprint density at radius 1 is 0.792 bits per heavy atom.